The lowest BCUT2D eigenvalue weighted by Crippen LogP contribution is -2.24. The number of carbonyl (C=O) groups is 1. The highest BCUT2D eigenvalue weighted by Crippen LogP contribution is 2.14. The summed E-state index contributed by atoms with van der Waals surface area (Å²) in [6.45, 7) is 2.69. The van der Waals surface area contributed by atoms with E-state index in [4.69, 9.17) is 11.1 Å². The zero-order valence-electron chi connectivity index (χ0n) is 8.00. The van der Waals surface area contributed by atoms with Crippen molar-refractivity contribution in [2.75, 3.05) is 11.9 Å². The Morgan fingerprint density at radius 2 is 2.14 bits per heavy atom. The number of benzene rings is 1. The lowest BCUT2D eigenvalue weighted by Gasteiger charge is -2.09. The van der Waals surface area contributed by atoms with Crippen molar-refractivity contribution in [2.45, 2.75) is 6.92 Å². The van der Waals surface area contributed by atoms with E-state index < -0.39 is 5.91 Å². The van der Waals surface area contributed by atoms with Crippen molar-refractivity contribution < 1.29 is 4.79 Å². The van der Waals surface area contributed by atoms with E-state index in [1.165, 1.54) is 0 Å². The highest BCUT2D eigenvalue weighted by molar-refractivity contribution is 6.44. The number of carbonyl (C=O) groups excluding carboxylic acids is 1. The van der Waals surface area contributed by atoms with Crippen molar-refractivity contribution >= 4 is 17.3 Å². The van der Waals surface area contributed by atoms with Crippen molar-refractivity contribution in [1.82, 2.24) is 0 Å². The molecule has 0 bridgehead atoms. The van der Waals surface area contributed by atoms with Gasteiger partial charge in [-0.3, -0.25) is 10.2 Å². The van der Waals surface area contributed by atoms with Gasteiger partial charge in [0.25, 0.3) is 5.91 Å². The quantitative estimate of drug-likeness (QED) is 0.620. The minimum atomic E-state index is -0.713. The van der Waals surface area contributed by atoms with E-state index in [1.54, 1.807) is 12.1 Å². The summed E-state index contributed by atoms with van der Waals surface area (Å²) in [6, 6.07) is 7.13. The molecule has 4 N–H and O–H groups in total. The molecular weight excluding hydrogens is 178 g/mol. The SMILES string of the molecule is CCNc1ccccc1C(=N)C(N)=O. The predicted molar refractivity (Wildman–Crippen MR) is 56.6 cm³/mol. The summed E-state index contributed by atoms with van der Waals surface area (Å²) in [7, 11) is 0. The summed E-state index contributed by atoms with van der Waals surface area (Å²) >= 11 is 0. The molecule has 0 saturated heterocycles. The van der Waals surface area contributed by atoms with Gasteiger partial charge in [0.05, 0.1) is 0 Å². The molecule has 4 heteroatoms. The fourth-order valence-electron chi connectivity index (χ4n) is 1.18. The molecule has 1 rings (SSSR count). The number of nitrogens with two attached hydrogens (primary N) is 1. The van der Waals surface area contributed by atoms with E-state index in [2.05, 4.69) is 5.32 Å². The number of primary amides is 1. The van der Waals surface area contributed by atoms with E-state index in [9.17, 15) is 4.79 Å². The molecule has 4 nitrogen and oxygen atoms in total. The first-order chi connectivity index (χ1) is 6.66. The molecule has 0 aliphatic carbocycles. The summed E-state index contributed by atoms with van der Waals surface area (Å²) in [6.07, 6.45) is 0. The molecule has 74 valence electrons. The van der Waals surface area contributed by atoms with Gasteiger partial charge in [0.15, 0.2) is 0 Å². The van der Waals surface area contributed by atoms with Crippen LogP contribution in [0.2, 0.25) is 0 Å². The van der Waals surface area contributed by atoms with Gasteiger partial charge in [-0.2, -0.15) is 0 Å². The van der Waals surface area contributed by atoms with Crippen LogP contribution < -0.4 is 11.1 Å². The van der Waals surface area contributed by atoms with Crippen LogP contribution >= 0.6 is 0 Å². The average Bonchev–Trinajstić information content (AvgIpc) is 2.18. The molecule has 14 heavy (non-hydrogen) atoms. The normalized spacial score (nSPS) is 9.50. The Bertz CT molecular complexity index is 360. The van der Waals surface area contributed by atoms with Crippen LogP contribution in [0.4, 0.5) is 5.69 Å². The summed E-state index contributed by atoms with van der Waals surface area (Å²) in [5.74, 6) is -0.713. The van der Waals surface area contributed by atoms with E-state index in [1.807, 2.05) is 19.1 Å². The van der Waals surface area contributed by atoms with Gasteiger partial charge in [-0.15, -0.1) is 0 Å². The van der Waals surface area contributed by atoms with E-state index >= 15 is 0 Å². The largest absolute Gasteiger partial charge is 0.385 e. The van der Waals surface area contributed by atoms with Crippen LogP contribution in [-0.2, 0) is 4.79 Å². The maximum absolute atomic E-state index is 10.8. The van der Waals surface area contributed by atoms with Crippen LogP contribution in [0.25, 0.3) is 0 Å². The molecule has 1 aromatic rings. The van der Waals surface area contributed by atoms with Crippen LogP contribution in [-0.4, -0.2) is 18.2 Å². The number of rotatable bonds is 4. The molecular formula is C10H13N3O. The van der Waals surface area contributed by atoms with Crippen molar-refractivity contribution in [3.05, 3.63) is 29.8 Å². The number of nitrogens with one attached hydrogen (secondary N) is 2. The van der Waals surface area contributed by atoms with Crippen LogP contribution in [0.15, 0.2) is 24.3 Å². The minimum absolute atomic E-state index is 0.165. The van der Waals surface area contributed by atoms with Crippen molar-refractivity contribution in [1.29, 1.82) is 5.41 Å². The highest BCUT2D eigenvalue weighted by Gasteiger charge is 2.10. The second-order valence-electron chi connectivity index (χ2n) is 2.82. The fourth-order valence-corrected chi connectivity index (χ4v) is 1.18. The van der Waals surface area contributed by atoms with Crippen LogP contribution in [0.5, 0.6) is 0 Å². The second-order valence-corrected chi connectivity index (χ2v) is 2.82. The Morgan fingerprint density at radius 1 is 1.50 bits per heavy atom. The third-order valence-electron chi connectivity index (χ3n) is 1.81. The Kier molecular flexibility index (Phi) is 3.23. The smallest absolute Gasteiger partial charge is 0.267 e. The Labute approximate surface area is 82.6 Å². The van der Waals surface area contributed by atoms with E-state index in [0.717, 1.165) is 12.2 Å². The molecule has 0 atom stereocenters. The van der Waals surface area contributed by atoms with Gasteiger partial charge in [0.2, 0.25) is 0 Å². The molecule has 1 aromatic carbocycles. The second kappa shape index (κ2) is 4.41. The van der Waals surface area contributed by atoms with E-state index in [0.29, 0.717) is 5.56 Å². The molecule has 0 radical (unpaired) electrons. The number of amides is 1. The standard InChI is InChI=1S/C10H13N3O/c1-2-13-8-6-4-3-5-7(8)9(11)10(12)14/h3-6,11,13H,2H2,1H3,(H2,12,14). The molecule has 1 amide bonds. The van der Waals surface area contributed by atoms with Gasteiger partial charge in [0.1, 0.15) is 5.71 Å². The first kappa shape index (κ1) is 10.2. The molecule has 0 aliphatic rings. The third-order valence-corrected chi connectivity index (χ3v) is 1.81. The van der Waals surface area contributed by atoms with Gasteiger partial charge in [-0.25, -0.2) is 0 Å². The van der Waals surface area contributed by atoms with Crippen LogP contribution in [0.3, 0.4) is 0 Å². The summed E-state index contributed by atoms with van der Waals surface area (Å²) in [4.78, 5) is 10.8. The average molecular weight is 191 g/mol. The summed E-state index contributed by atoms with van der Waals surface area (Å²) < 4.78 is 0. The predicted octanol–water partition coefficient (Wildman–Crippen LogP) is 0.972. The molecule has 0 saturated carbocycles. The Morgan fingerprint density at radius 3 is 2.71 bits per heavy atom. The zero-order valence-corrected chi connectivity index (χ0v) is 8.00. The maximum Gasteiger partial charge on any atom is 0.267 e. The molecule has 0 spiro atoms. The Balaban J connectivity index is 3.06. The van der Waals surface area contributed by atoms with Gasteiger partial charge >= 0.3 is 0 Å². The number of hydrogen-bond donors (Lipinski definition) is 3. The molecule has 0 aromatic heterocycles. The van der Waals surface area contributed by atoms with Crippen molar-refractivity contribution in [2.24, 2.45) is 5.73 Å². The van der Waals surface area contributed by atoms with Gasteiger partial charge < -0.3 is 11.1 Å². The lowest BCUT2D eigenvalue weighted by molar-refractivity contribution is -0.112. The minimum Gasteiger partial charge on any atom is -0.385 e. The van der Waals surface area contributed by atoms with Gasteiger partial charge in [-0.1, -0.05) is 18.2 Å². The molecule has 0 heterocycles. The van der Waals surface area contributed by atoms with E-state index in [-0.39, 0.29) is 5.71 Å². The first-order valence-electron chi connectivity index (χ1n) is 4.38. The number of anilines is 1. The number of para-hydroxylation sites is 1. The molecule has 0 unspecified atom stereocenters. The Hall–Kier alpha value is -1.84. The zero-order chi connectivity index (χ0) is 10.6. The van der Waals surface area contributed by atoms with Crippen molar-refractivity contribution in [3.63, 3.8) is 0 Å². The van der Waals surface area contributed by atoms with Crippen molar-refractivity contribution in [3.8, 4) is 0 Å². The third kappa shape index (κ3) is 2.10. The molecule has 0 fully saturated rings. The summed E-state index contributed by atoms with van der Waals surface area (Å²) in [5, 5.41) is 10.6. The fraction of sp³-hybridized carbons (Fsp3) is 0.200. The monoisotopic (exact) mass is 191 g/mol. The van der Waals surface area contributed by atoms with Gasteiger partial charge in [-0.05, 0) is 13.0 Å². The van der Waals surface area contributed by atoms with Crippen LogP contribution in [0, 0.1) is 5.41 Å². The highest BCUT2D eigenvalue weighted by atomic mass is 16.1. The lowest BCUT2D eigenvalue weighted by atomic mass is 10.1. The van der Waals surface area contributed by atoms with Crippen LogP contribution in [0.1, 0.15) is 12.5 Å². The number of hydrogen-bond acceptors (Lipinski definition) is 3. The first-order valence-corrected chi connectivity index (χ1v) is 4.38. The van der Waals surface area contributed by atoms with Gasteiger partial charge in [0, 0.05) is 17.8 Å². The molecule has 0 aliphatic heterocycles. The maximum atomic E-state index is 10.8. The summed E-state index contributed by atoms with van der Waals surface area (Å²) in [5.41, 5.74) is 6.18. The topological polar surface area (TPSA) is 79.0 Å².